The number of aliphatic carboxylic acids is 1. The maximum Gasteiger partial charge on any atom is 0.311 e. The Bertz CT molecular complexity index is 812. The summed E-state index contributed by atoms with van der Waals surface area (Å²) < 4.78 is 5.44. The number of carbonyl (C=O) groups is 2. The van der Waals surface area contributed by atoms with Gasteiger partial charge in [-0.15, -0.1) is 0 Å². The SMILES string of the molecule is O=C(C1CC1)N1CCC[C@@](Cc2cc(-c3ccccc3)no2)(C(=O)O)C1. The highest BCUT2D eigenvalue weighted by Crippen LogP contribution is 2.38. The first kappa shape index (κ1) is 16.8. The zero-order chi connectivity index (χ0) is 18.1. The summed E-state index contributed by atoms with van der Waals surface area (Å²) in [7, 11) is 0. The molecule has 4 rings (SSSR count). The lowest BCUT2D eigenvalue weighted by molar-refractivity contribution is -0.155. The summed E-state index contributed by atoms with van der Waals surface area (Å²) in [5.41, 5.74) is 0.625. The molecule has 1 N–H and O–H groups in total. The summed E-state index contributed by atoms with van der Waals surface area (Å²) >= 11 is 0. The van der Waals surface area contributed by atoms with Gasteiger partial charge in [0.25, 0.3) is 0 Å². The van der Waals surface area contributed by atoms with Crippen LogP contribution in [-0.4, -0.2) is 40.1 Å². The molecule has 6 nitrogen and oxygen atoms in total. The third-order valence-corrected chi connectivity index (χ3v) is 5.41. The largest absolute Gasteiger partial charge is 0.481 e. The number of hydrogen-bond donors (Lipinski definition) is 1. The van der Waals surface area contributed by atoms with Crippen molar-refractivity contribution in [3.05, 3.63) is 42.2 Å². The zero-order valence-corrected chi connectivity index (χ0v) is 14.6. The van der Waals surface area contributed by atoms with Crippen LogP contribution in [0.5, 0.6) is 0 Å². The first-order valence-corrected chi connectivity index (χ1v) is 9.11. The molecule has 1 aromatic carbocycles. The van der Waals surface area contributed by atoms with Crippen LogP contribution in [0.4, 0.5) is 0 Å². The van der Waals surface area contributed by atoms with E-state index in [-0.39, 0.29) is 24.8 Å². The van der Waals surface area contributed by atoms with Gasteiger partial charge in [-0.25, -0.2) is 0 Å². The number of rotatable bonds is 5. The minimum Gasteiger partial charge on any atom is -0.481 e. The van der Waals surface area contributed by atoms with E-state index in [9.17, 15) is 14.7 Å². The molecule has 1 aliphatic carbocycles. The van der Waals surface area contributed by atoms with Crippen LogP contribution in [0.1, 0.15) is 31.4 Å². The van der Waals surface area contributed by atoms with Gasteiger partial charge in [0, 0.05) is 37.1 Å². The van der Waals surface area contributed by atoms with E-state index in [0.29, 0.717) is 30.8 Å². The molecule has 1 aromatic heterocycles. The first-order valence-electron chi connectivity index (χ1n) is 9.11. The van der Waals surface area contributed by atoms with Gasteiger partial charge < -0.3 is 14.5 Å². The summed E-state index contributed by atoms with van der Waals surface area (Å²) in [5, 5.41) is 14.0. The predicted molar refractivity (Wildman–Crippen MR) is 94.2 cm³/mol. The van der Waals surface area contributed by atoms with Gasteiger partial charge in [0.05, 0.1) is 5.41 Å². The molecule has 2 heterocycles. The van der Waals surface area contributed by atoms with E-state index >= 15 is 0 Å². The normalized spacial score (nSPS) is 23.0. The molecule has 136 valence electrons. The van der Waals surface area contributed by atoms with Crippen molar-refractivity contribution >= 4 is 11.9 Å². The fourth-order valence-electron chi connectivity index (χ4n) is 3.78. The minimum absolute atomic E-state index is 0.106. The highest BCUT2D eigenvalue weighted by Gasteiger charge is 2.46. The number of hydrogen-bond acceptors (Lipinski definition) is 4. The van der Waals surface area contributed by atoms with Crippen molar-refractivity contribution in [1.29, 1.82) is 0 Å². The maximum atomic E-state index is 12.4. The van der Waals surface area contributed by atoms with E-state index in [2.05, 4.69) is 5.16 Å². The van der Waals surface area contributed by atoms with E-state index in [1.807, 2.05) is 36.4 Å². The van der Waals surface area contributed by atoms with Crippen molar-refractivity contribution in [2.24, 2.45) is 11.3 Å². The van der Waals surface area contributed by atoms with Crippen molar-refractivity contribution in [3.63, 3.8) is 0 Å². The second-order valence-electron chi connectivity index (χ2n) is 7.44. The van der Waals surface area contributed by atoms with Crippen LogP contribution in [0, 0.1) is 11.3 Å². The summed E-state index contributed by atoms with van der Waals surface area (Å²) in [6.07, 6.45) is 3.34. The average Bonchev–Trinajstić information content (AvgIpc) is 3.41. The van der Waals surface area contributed by atoms with E-state index < -0.39 is 11.4 Å². The Morgan fingerprint density at radius 1 is 1.27 bits per heavy atom. The monoisotopic (exact) mass is 354 g/mol. The van der Waals surface area contributed by atoms with Crippen LogP contribution in [0.15, 0.2) is 40.9 Å². The summed E-state index contributed by atoms with van der Waals surface area (Å²) in [5.74, 6) is -0.108. The summed E-state index contributed by atoms with van der Waals surface area (Å²) in [6.45, 7) is 0.898. The Hall–Kier alpha value is -2.63. The molecule has 2 fully saturated rings. The number of carboxylic acids is 1. The average molecular weight is 354 g/mol. The molecule has 26 heavy (non-hydrogen) atoms. The van der Waals surface area contributed by atoms with Gasteiger partial charge in [-0.1, -0.05) is 35.5 Å². The number of carbonyl (C=O) groups excluding carboxylic acids is 1. The first-order chi connectivity index (χ1) is 12.6. The van der Waals surface area contributed by atoms with Crippen molar-refractivity contribution in [3.8, 4) is 11.3 Å². The van der Waals surface area contributed by atoms with E-state index in [1.54, 1.807) is 4.90 Å². The van der Waals surface area contributed by atoms with Crippen molar-refractivity contribution < 1.29 is 19.2 Å². The van der Waals surface area contributed by atoms with Crippen LogP contribution < -0.4 is 0 Å². The number of nitrogens with zero attached hydrogens (tertiary/aromatic N) is 2. The lowest BCUT2D eigenvalue weighted by Gasteiger charge is -2.39. The van der Waals surface area contributed by atoms with Gasteiger partial charge in [-0.05, 0) is 25.7 Å². The minimum atomic E-state index is -1.00. The molecule has 1 amide bonds. The molecule has 6 heteroatoms. The number of benzene rings is 1. The second kappa shape index (κ2) is 6.59. The quantitative estimate of drug-likeness (QED) is 0.892. The standard InChI is InChI=1S/C20H22N2O4/c23-18(15-7-8-15)22-10-4-9-20(13-22,19(24)25)12-16-11-17(21-26-16)14-5-2-1-3-6-14/h1-3,5-6,11,15H,4,7-10,12-13H2,(H,24,25)/t20-/m0/s1. The number of likely N-dealkylation sites (tertiary alicyclic amines) is 1. The fourth-order valence-corrected chi connectivity index (χ4v) is 3.78. The molecule has 0 radical (unpaired) electrons. The molecule has 1 aliphatic heterocycles. The molecular weight excluding hydrogens is 332 g/mol. The van der Waals surface area contributed by atoms with Gasteiger partial charge in [0.15, 0.2) is 0 Å². The summed E-state index contributed by atoms with van der Waals surface area (Å²) in [6, 6.07) is 11.4. The smallest absolute Gasteiger partial charge is 0.311 e. The lowest BCUT2D eigenvalue weighted by Crippen LogP contribution is -2.51. The molecule has 1 saturated carbocycles. The predicted octanol–water partition coefficient (Wildman–Crippen LogP) is 2.99. The van der Waals surface area contributed by atoms with E-state index in [0.717, 1.165) is 18.4 Å². The molecule has 2 aromatic rings. The Balaban J connectivity index is 1.54. The van der Waals surface area contributed by atoms with E-state index in [4.69, 9.17) is 4.52 Å². The van der Waals surface area contributed by atoms with Crippen LogP contribution >= 0.6 is 0 Å². The van der Waals surface area contributed by atoms with Gasteiger partial charge in [0.2, 0.25) is 5.91 Å². The molecule has 2 aliphatic rings. The molecule has 0 spiro atoms. The Kier molecular flexibility index (Phi) is 4.26. The second-order valence-corrected chi connectivity index (χ2v) is 7.44. The van der Waals surface area contributed by atoms with Gasteiger partial charge in [-0.2, -0.15) is 0 Å². The third-order valence-electron chi connectivity index (χ3n) is 5.41. The molecule has 1 atom stereocenters. The van der Waals surface area contributed by atoms with Crippen LogP contribution in [0.2, 0.25) is 0 Å². The lowest BCUT2D eigenvalue weighted by atomic mass is 9.76. The summed E-state index contributed by atoms with van der Waals surface area (Å²) in [4.78, 5) is 26.3. The topological polar surface area (TPSA) is 83.6 Å². The van der Waals surface area contributed by atoms with Crippen molar-refractivity contribution in [2.75, 3.05) is 13.1 Å². The Morgan fingerprint density at radius 3 is 2.73 bits per heavy atom. The number of piperidine rings is 1. The van der Waals surface area contributed by atoms with Gasteiger partial charge in [0.1, 0.15) is 11.5 Å². The highest BCUT2D eigenvalue weighted by molar-refractivity contribution is 5.83. The van der Waals surface area contributed by atoms with Crippen LogP contribution in [0.3, 0.4) is 0 Å². The zero-order valence-electron chi connectivity index (χ0n) is 14.6. The fraction of sp³-hybridized carbons (Fsp3) is 0.450. The maximum absolute atomic E-state index is 12.4. The Morgan fingerprint density at radius 2 is 2.04 bits per heavy atom. The molecular formula is C20H22N2O4. The number of amides is 1. The van der Waals surface area contributed by atoms with Crippen LogP contribution in [0.25, 0.3) is 11.3 Å². The van der Waals surface area contributed by atoms with Crippen LogP contribution in [-0.2, 0) is 16.0 Å². The molecule has 1 saturated heterocycles. The molecule has 0 unspecified atom stereocenters. The highest BCUT2D eigenvalue weighted by atomic mass is 16.5. The van der Waals surface area contributed by atoms with Gasteiger partial charge in [-0.3, -0.25) is 9.59 Å². The third kappa shape index (κ3) is 3.23. The van der Waals surface area contributed by atoms with Gasteiger partial charge >= 0.3 is 5.97 Å². The van der Waals surface area contributed by atoms with E-state index in [1.165, 1.54) is 0 Å². The number of aromatic nitrogens is 1. The van der Waals surface area contributed by atoms with Crippen molar-refractivity contribution in [2.45, 2.75) is 32.1 Å². The molecule has 0 bridgehead atoms. The van der Waals surface area contributed by atoms with Crippen molar-refractivity contribution in [1.82, 2.24) is 10.1 Å². The Labute approximate surface area is 151 Å². The number of carboxylic acid groups (broad SMARTS) is 1.